The first-order valence-corrected chi connectivity index (χ1v) is 6.44. The van der Waals surface area contributed by atoms with Gasteiger partial charge in [0, 0.05) is 17.1 Å². The van der Waals surface area contributed by atoms with Crippen molar-refractivity contribution in [3.8, 4) is 0 Å². The molecule has 0 bridgehead atoms. The number of rotatable bonds is 3. The van der Waals surface area contributed by atoms with Crippen LogP contribution in [0.25, 0.3) is 0 Å². The van der Waals surface area contributed by atoms with Gasteiger partial charge in [0.15, 0.2) is 0 Å². The van der Waals surface area contributed by atoms with E-state index < -0.39 is 18.1 Å². The fourth-order valence-electron chi connectivity index (χ4n) is 2.25. The average Bonchev–Trinajstić information content (AvgIpc) is 2.78. The van der Waals surface area contributed by atoms with Gasteiger partial charge >= 0.3 is 5.97 Å². The van der Waals surface area contributed by atoms with Crippen LogP contribution in [-0.2, 0) is 16.0 Å². The maximum absolute atomic E-state index is 12.3. The van der Waals surface area contributed by atoms with Gasteiger partial charge in [0.05, 0.1) is 6.04 Å². The van der Waals surface area contributed by atoms with Crippen molar-refractivity contribution < 1.29 is 14.7 Å². The normalized spacial score (nSPS) is 19.1. The Morgan fingerprint density at radius 2 is 2.26 bits per heavy atom. The van der Waals surface area contributed by atoms with E-state index in [0.717, 1.165) is 0 Å². The Morgan fingerprint density at radius 3 is 2.84 bits per heavy atom. The molecule has 0 saturated heterocycles. The zero-order chi connectivity index (χ0) is 14.2. The Kier molecular flexibility index (Phi) is 3.78. The summed E-state index contributed by atoms with van der Waals surface area (Å²) in [6.45, 7) is 1.79. The number of carboxylic acids is 1. The van der Waals surface area contributed by atoms with Crippen LogP contribution >= 0.6 is 11.6 Å². The molecule has 0 aliphatic carbocycles. The third-order valence-electron chi connectivity index (χ3n) is 3.34. The SMILES string of the molecule is CC[C@H](N)C(=O)N1c2cccc(Cl)c2C[C@@H]1C(=O)O. The molecular formula is C13H15ClN2O3. The van der Waals surface area contributed by atoms with E-state index in [2.05, 4.69) is 0 Å². The highest BCUT2D eigenvalue weighted by molar-refractivity contribution is 6.32. The number of halogens is 1. The third-order valence-corrected chi connectivity index (χ3v) is 3.70. The Balaban J connectivity index is 2.47. The molecule has 102 valence electrons. The molecule has 19 heavy (non-hydrogen) atoms. The number of fused-ring (bicyclic) bond motifs is 1. The summed E-state index contributed by atoms with van der Waals surface area (Å²) in [5.41, 5.74) is 6.97. The highest BCUT2D eigenvalue weighted by Gasteiger charge is 2.40. The number of amides is 1. The predicted molar refractivity (Wildman–Crippen MR) is 72.3 cm³/mol. The van der Waals surface area contributed by atoms with E-state index in [1.54, 1.807) is 25.1 Å². The number of nitrogens with zero attached hydrogens (tertiary/aromatic N) is 1. The summed E-state index contributed by atoms with van der Waals surface area (Å²) in [4.78, 5) is 24.9. The molecule has 2 rings (SSSR count). The summed E-state index contributed by atoms with van der Waals surface area (Å²) < 4.78 is 0. The van der Waals surface area contributed by atoms with E-state index in [9.17, 15) is 14.7 Å². The van der Waals surface area contributed by atoms with Crippen LogP contribution in [-0.4, -0.2) is 29.1 Å². The molecule has 1 aliphatic rings. The van der Waals surface area contributed by atoms with E-state index in [0.29, 0.717) is 22.7 Å². The maximum atomic E-state index is 12.3. The Bertz CT molecular complexity index is 533. The van der Waals surface area contributed by atoms with E-state index >= 15 is 0 Å². The van der Waals surface area contributed by atoms with Gasteiger partial charge in [-0.2, -0.15) is 0 Å². The van der Waals surface area contributed by atoms with Crippen LogP contribution < -0.4 is 10.6 Å². The number of carboxylic acid groups (broad SMARTS) is 1. The molecule has 5 nitrogen and oxygen atoms in total. The molecule has 1 amide bonds. The topological polar surface area (TPSA) is 83.6 Å². The summed E-state index contributed by atoms with van der Waals surface area (Å²) in [7, 11) is 0. The first kappa shape index (κ1) is 13.8. The smallest absolute Gasteiger partial charge is 0.327 e. The monoisotopic (exact) mass is 282 g/mol. The molecule has 1 aromatic rings. The van der Waals surface area contributed by atoms with Crippen LogP contribution in [0.15, 0.2) is 18.2 Å². The van der Waals surface area contributed by atoms with Gasteiger partial charge in [0.1, 0.15) is 6.04 Å². The van der Waals surface area contributed by atoms with Crippen molar-refractivity contribution in [3.63, 3.8) is 0 Å². The molecule has 0 fully saturated rings. The van der Waals surface area contributed by atoms with Gasteiger partial charge in [-0.15, -0.1) is 0 Å². The van der Waals surface area contributed by atoms with E-state index in [1.807, 2.05) is 0 Å². The molecule has 0 aromatic heterocycles. The summed E-state index contributed by atoms with van der Waals surface area (Å²) in [5.74, 6) is -1.43. The van der Waals surface area contributed by atoms with E-state index in [1.165, 1.54) is 4.90 Å². The minimum Gasteiger partial charge on any atom is -0.480 e. The third kappa shape index (κ3) is 2.31. The van der Waals surface area contributed by atoms with Crippen LogP contribution in [0.4, 0.5) is 5.69 Å². The van der Waals surface area contributed by atoms with Crippen molar-refractivity contribution in [3.05, 3.63) is 28.8 Å². The molecule has 6 heteroatoms. The number of nitrogens with two attached hydrogens (primary N) is 1. The lowest BCUT2D eigenvalue weighted by atomic mass is 10.1. The minimum absolute atomic E-state index is 0.215. The average molecular weight is 283 g/mol. The first-order chi connectivity index (χ1) is 8.97. The second-order valence-corrected chi connectivity index (χ2v) is 4.93. The van der Waals surface area contributed by atoms with Crippen molar-refractivity contribution in [2.75, 3.05) is 4.90 Å². The zero-order valence-corrected chi connectivity index (χ0v) is 11.2. The zero-order valence-electron chi connectivity index (χ0n) is 10.5. The Labute approximate surface area is 116 Å². The first-order valence-electron chi connectivity index (χ1n) is 6.06. The van der Waals surface area contributed by atoms with Crippen LogP contribution in [0.5, 0.6) is 0 Å². The molecule has 1 aliphatic heterocycles. The molecular weight excluding hydrogens is 268 g/mol. The van der Waals surface area contributed by atoms with Crippen molar-refractivity contribution in [2.45, 2.75) is 31.8 Å². The standard InChI is InChI=1S/C13H15ClN2O3/c1-2-9(15)12(17)16-10-5-3-4-8(14)7(10)6-11(16)13(18)19/h3-5,9,11H,2,6,15H2,1H3,(H,18,19)/t9-,11+/m0/s1. The lowest BCUT2D eigenvalue weighted by molar-refractivity contribution is -0.140. The highest BCUT2D eigenvalue weighted by Crippen LogP contribution is 2.37. The number of hydrogen-bond donors (Lipinski definition) is 2. The van der Waals surface area contributed by atoms with Crippen LogP contribution in [0, 0.1) is 0 Å². The van der Waals surface area contributed by atoms with E-state index in [4.69, 9.17) is 17.3 Å². The van der Waals surface area contributed by atoms with Crippen molar-refractivity contribution >= 4 is 29.2 Å². The second-order valence-electron chi connectivity index (χ2n) is 4.52. The fraction of sp³-hybridized carbons (Fsp3) is 0.385. The van der Waals surface area contributed by atoms with Crippen molar-refractivity contribution in [1.82, 2.24) is 0 Å². The molecule has 1 aromatic carbocycles. The number of benzene rings is 1. The van der Waals surface area contributed by atoms with Crippen molar-refractivity contribution in [2.24, 2.45) is 5.73 Å². The highest BCUT2D eigenvalue weighted by atomic mass is 35.5. The molecule has 1 heterocycles. The van der Waals surface area contributed by atoms with Crippen molar-refractivity contribution in [1.29, 1.82) is 0 Å². The maximum Gasteiger partial charge on any atom is 0.327 e. The molecule has 0 spiro atoms. The Hall–Kier alpha value is -1.59. The van der Waals surface area contributed by atoms with Gasteiger partial charge in [-0.1, -0.05) is 24.6 Å². The summed E-state index contributed by atoms with van der Waals surface area (Å²) in [5, 5.41) is 9.75. The lowest BCUT2D eigenvalue weighted by Crippen LogP contribution is -2.49. The number of aliphatic carboxylic acids is 1. The number of hydrogen-bond acceptors (Lipinski definition) is 3. The molecule has 0 saturated carbocycles. The number of carbonyl (C=O) groups excluding carboxylic acids is 1. The Morgan fingerprint density at radius 1 is 1.58 bits per heavy atom. The van der Waals surface area contributed by atoms with Gasteiger partial charge in [0.25, 0.3) is 0 Å². The largest absolute Gasteiger partial charge is 0.480 e. The van der Waals surface area contributed by atoms with E-state index in [-0.39, 0.29) is 12.3 Å². The van der Waals surface area contributed by atoms with Crippen LogP contribution in [0.3, 0.4) is 0 Å². The van der Waals surface area contributed by atoms with Gasteiger partial charge in [0.2, 0.25) is 5.91 Å². The van der Waals surface area contributed by atoms with Gasteiger partial charge in [-0.3, -0.25) is 9.69 Å². The predicted octanol–water partition coefficient (Wildman–Crippen LogP) is 1.42. The quantitative estimate of drug-likeness (QED) is 0.878. The molecule has 3 N–H and O–H groups in total. The van der Waals surface area contributed by atoms with Gasteiger partial charge < -0.3 is 10.8 Å². The second kappa shape index (κ2) is 5.19. The lowest BCUT2D eigenvalue weighted by Gasteiger charge is -2.25. The van der Waals surface area contributed by atoms with Crippen LogP contribution in [0.1, 0.15) is 18.9 Å². The minimum atomic E-state index is -1.05. The molecule has 2 atom stereocenters. The molecule has 0 radical (unpaired) electrons. The number of carbonyl (C=O) groups is 2. The summed E-state index contributed by atoms with van der Waals surface area (Å²) in [6.07, 6.45) is 0.671. The van der Waals surface area contributed by atoms with Gasteiger partial charge in [-0.05, 0) is 24.1 Å². The molecule has 0 unspecified atom stereocenters. The fourth-order valence-corrected chi connectivity index (χ4v) is 2.50. The van der Waals surface area contributed by atoms with Gasteiger partial charge in [-0.25, -0.2) is 4.79 Å². The summed E-state index contributed by atoms with van der Waals surface area (Å²) >= 11 is 6.06. The van der Waals surface area contributed by atoms with Crippen LogP contribution in [0.2, 0.25) is 5.02 Å². The summed E-state index contributed by atoms with van der Waals surface area (Å²) in [6, 6.07) is 3.45. The number of anilines is 1.